The number of hydrogen-bond acceptors (Lipinski definition) is 4. The molecule has 0 atom stereocenters. The van der Waals surface area contributed by atoms with Crippen LogP contribution in [0.25, 0.3) is 0 Å². The third-order valence-corrected chi connectivity index (χ3v) is 4.93. The second-order valence-electron chi connectivity index (χ2n) is 3.90. The first-order chi connectivity index (χ1) is 8.45. The van der Waals surface area contributed by atoms with Crippen LogP contribution in [-0.2, 0) is 14.8 Å². The molecule has 1 saturated heterocycles. The van der Waals surface area contributed by atoms with Crippen LogP contribution in [0.3, 0.4) is 0 Å². The maximum absolute atomic E-state index is 11.7. The van der Waals surface area contributed by atoms with E-state index in [9.17, 15) is 13.2 Å². The van der Waals surface area contributed by atoms with Gasteiger partial charge in [-0.05, 0) is 24.6 Å². The molecule has 0 aliphatic carbocycles. The summed E-state index contributed by atoms with van der Waals surface area (Å²) in [7, 11) is -1.98. The van der Waals surface area contributed by atoms with Gasteiger partial charge in [0.1, 0.15) is 0 Å². The highest BCUT2D eigenvalue weighted by Crippen LogP contribution is 2.28. The number of sulfonamides is 1. The van der Waals surface area contributed by atoms with Crippen LogP contribution in [0.4, 0.5) is 5.69 Å². The summed E-state index contributed by atoms with van der Waals surface area (Å²) in [6, 6.07) is 4.50. The first-order valence-corrected chi connectivity index (χ1v) is 7.33. The zero-order valence-corrected chi connectivity index (χ0v) is 11.3. The fourth-order valence-corrected chi connectivity index (χ4v) is 3.67. The molecule has 7 heteroatoms. The largest absolute Gasteiger partial charge is 0.465 e. The van der Waals surface area contributed by atoms with E-state index in [1.165, 1.54) is 23.5 Å². The average molecular weight is 290 g/mol. The molecule has 0 spiro atoms. The molecule has 1 aliphatic heterocycles. The van der Waals surface area contributed by atoms with Gasteiger partial charge in [0, 0.05) is 6.54 Å². The van der Waals surface area contributed by atoms with E-state index in [0.717, 1.165) is 0 Å². The number of benzene rings is 1. The molecular formula is C11H12ClNO4S. The molecule has 0 aromatic heterocycles. The van der Waals surface area contributed by atoms with Crippen molar-refractivity contribution >= 4 is 33.3 Å². The van der Waals surface area contributed by atoms with Crippen molar-refractivity contribution in [1.29, 1.82) is 0 Å². The molecular weight excluding hydrogens is 278 g/mol. The Morgan fingerprint density at radius 1 is 1.44 bits per heavy atom. The number of carbonyl (C=O) groups excluding carboxylic acids is 1. The van der Waals surface area contributed by atoms with Crippen molar-refractivity contribution in [1.82, 2.24) is 0 Å². The summed E-state index contributed by atoms with van der Waals surface area (Å²) >= 11 is 5.95. The predicted molar refractivity (Wildman–Crippen MR) is 68.5 cm³/mol. The van der Waals surface area contributed by atoms with Gasteiger partial charge in [-0.15, -0.1) is 0 Å². The number of esters is 1. The van der Waals surface area contributed by atoms with Crippen molar-refractivity contribution in [3.05, 3.63) is 28.8 Å². The minimum Gasteiger partial charge on any atom is -0.465 e. The van der Waals surface area contributed by atoms with E-state index in [1.807, 2.05) is 0 Å². The number of rotatable bonds is 2. The van der Waals surface area contributed by atoms with Crippen LogP contribution in [0.5, 0.6) is 0 Å². The summed E-state index contributed by atoms with van der Waals surface area (Å²) in [5.41, 5.74) is 0.699. The zero-order chi connectivity index (χ0) is 13.3. The molecule has 5 nitrogen and oxygen atoms in total. The fourth-order valence-electron chi connectivity index (χ4n) is 1.86. The summed E-state index contributed by atoms with van der Waals surface area (Å²) in [4.78, 5) is 11.4. The summed E-state index contributed by atoms with van der Waals surface area (Å²) in [6.45, 7) is 0.441. The van der Waals surface area contributed by atoms with Crippen molar-refractivity contribution < 1.29 is 17.9 Å². The Labute approximate surface area is 110 Å². The van der Waals surface area contributed by atoms with Gasteiger partial charge in [0.05, 0.1) is 29.1 Å². The molecule has 1 aromatic carbocycles. The lowest BCUT2D eigenvalue weighted by atomic mass is 10.2. The molecule has 1 aromatic rings. The molecule has 0 unspecified atom stereocenters. The molecule has 1 aliphatic rings. The highest BCUT2D eigenvalue weighted by atomic mass is 35.5. The summed E-state index contributed by atoms with van der Waals surface area (Å²) < 4.78 is 29.4. The molecule has 0 N–H and O–H groups in total. The lowest BCUT2D eigenvalue weighted by Crippen LogP contribution is -2.25. The molecule has 98 valence electrons. The third kappa shape index (κ3) is 2.30. The zero-order valence-electron chi connectivity index (χ0n) is 9.72. The minimum atomic E-state index is -3.24. The molecule has 1 fully saturated rings. The Bertz CT molecular complexity index is 585. The minimum absolute atomic E-state index is 0.142. The Balaban J connectivity index is 2.38. The fraction of sp³-hybridized carbons (Fsp3) is 0.364. The van der Waals surface area contributed by atoms with Gasteiger partial charge < -0.3 is 4.74 Å². The highest BCUT2D eigenvalue weighted by Gasteiger charge is 2.29. The van der Waals surface area contributed by atoms with Crippen LogP contribution >= 0.6 is 11.6 Å². The second-order valence-corrected chi connectivity index (χ2v) is 6.32. The van der Waals surface area contributed by atoms with Crippen molar-refractivity contribution in [2.75, 3.05) is 23.7 Å². The molecule has 0 bridgehead atoms. The molecule has 0 radical (unpaired) electrons. The summed E-state index contributed by atoms with van der Waals surface area (Å²) in [5, 5.41) is 0.182. The second kappa shape index (κ2) is 4.78. The van der Waals surface area contributed by atoms with E-state index in [0.29, 0.717) is 18.7 Å². The molecule has 18 heavy (non-hydrogen) atoms. The number of methoxy groups -OCH3 is 1. The molecule has 0 amide bonds. The Kier molecular flexibility index (Phi) is 3.49. The average Bonchev–Trinajstić information content (AvgIpc) is 2.68. The van der Waals surface area contributed by atoms with Gasteiger partial charge in [0.2, 0.25) is 10.0 Å². The highest BCUT2D eigenvalue weighted by molar-refractivity contribution is 7.93. The van der Waals surface area contributed by atoms with Gasteiger partial charge in [-0.3, -0.25) is 4.31 Å². The lowest BCUT2D eigenvalue weighted by molar-refractivity contribution is 0.0601. The maximum Gasteiger partial charge on any atom is 0.339 e. The van der Waals surface area contributed by atoms with E-state index < -0.39 is 16.0 Å². The van der Waals surface area contributed by atoms with Crippen LogP contribution in [0.1, 0.15) is 16.8 Å². The monoisotopic (exact) mass is 289 g/mol. The van der Waals surface area contributed by atoms with E-state index in [1.54, 1.807) is 6.07 Å². The number of carbonyl (C=O) groups is 1. The van der Waals surface area contributed by atoms with E-state index >= 15 is 0 Å². The van der Waals surface area contributed by atoms with Crippen LogP contribution in [0.2, 0.25) is 5.02 Å². The smallest absolute Gasteiger partial charge is 0.339 e. The Morgan fingerprint density at radius 3 is 2.67 bits per heavy atom. The van der Waals surface area contributed by atoms with Gasteiger partial charge in [-0.1, -0.05) is 11.6 Å². The summed E-state index contributed by atoms with van der Waals surface area (Å²) in [5.74, 6) is -0.403. The first kappa shape index (κ1) is 13.2. The van der Waals surface area contributed by atoms with Gasteiger partial charge in [-0.25, -0.2) is 13.2 Å². The number of hydrogen-bond donors (Lipinski definition) is 0. The van der Waals surface area contributed by atoms with Gasteiger partial charge in [0.25, 0.3) is 0 Å². The number of anilines is 1. The van der Waals surface area contributed by atoms with Crippen LogP contribution in [0, 0.1) is 0 Å². The number of nitrogens with zero attached hydrogens (tertiary/aromatic N) is 1. The topological polar surface area (TPSA) is 63.7 Å². The number of halogens is 1. The van der Waals surface area contributed by atoms with Crippen LogP contribution < -0.4 is 4.31 Å². The van der Waals surface area contributed by atoms with Crippen LogP contribution in [-0.4, -0.2) is 33.8 Å². The predicted octanol–water partition coefficient (Wildman–Crippen LogP) is 1.67. The first-order valence-electron chi connectivity index (χ1n) is 5.34. The third-order valence-electron chi connectivity index (χ3n) is 2.75. The molecule has 1 heterocycles. The quantitative estimate of drug-likeness (QED) is 0.777. The van der Waals surface area contributed by atoms with Gasteiger partial charge >= 0.3 is 5.97 Å². The van der Waals surface area contributed by atoms with Crippen molar-refractivity contribution in [3.8, 4) is 0 Å². The van der Waals surface area contributed by atoms with Crippen molar-refractivity contribution in [2.24, 2.45) is 0 Å². The van der Waals surface area contributed by atoms with E-state index in [2.05, 4.69) is 4.74 Å². The van der Waals surface area contributed by atoms with Gasteiger partial charge in [0.15, 0.2) is 0 Å². The van der Waals surface area contributed by atoms with Crippen molar-refractivity contribution in [2.45, 2.75) is 6.42 Å². The lowest BCUT2D eigenvalue weighted by Gasteiger charge is -2.17. The van der Waals surface area contributed by atoms with E-state index in [4.69, 9.17) is 11.6 Å². The Hall–Kier alpha value is -1.27. The van der Waals surface area contributed by atoms with Crippen LogP contribution in [0.15, 0.2) is 18.2 Å². The van der Waals surface area contributed by atoms with E-state index in [-0.39, 0.29) is 16.3 Å². The molecule has 0 saturated carbocycles. The standard InChI is InChI=1S/C11H12ClNO4S/c1-17-11(14)9-4-3-8(7-10(9)12)13-5-2-6-18(13,15)16/h3-4,7H,2,5-6H2,1H3. The maximum atomic E-state index is 11.7. The molecule has 2 rings (SSSR count). The van der Waals surface area contributed by atoms with Gasteiger partial charge in [-0.2, -0.15) is 0 Å². The SMILES string of the molecule is COC(=O)c1ccc(N2CCCS2(=O)=O)cc1Cl. The summed E-state index contributed by atoms with van der Waals surface area (Å²) in [6.07, 6.45) is 0.596. The Morgan fingerprint density at radius 2 is 2.17 bits per heavy atom. The normalized spacial score (nSPS) is 17.8. The number of ether oxygens (including phenoxy) is 1. The van der Waals surface area contributed by atoms with Crippen molar-refractivity contribution in [3.63, 3.8) is 0 Å².